The Morgan fingerprint density at radius 3 is 2.45 bits per heavy atom. The Balaban J connectivity index is 2.94. The van der Waals surface area contributed by atoms with Gasteiger partial charge in [0, 0.05) is 12.4 Å². The van der Waals surface area contributed by atoms with E-state index in [1.807, 2.05) is 0 Å². The van der Waals surface area contributed by atoms with E-state index >= 15 is 0 Å². The molecule has 1 atom stereocenters. The molecule has 0 saturated carbocycles. The van der Waals surface area contributed by atoms with Gasteiger partial charge in [-0.2, -0.15) is 0 Å². The number of carbonyl (C=O) groups excluding carboxylic acids is 1. The van der Waals surface area contributed by atoms with Crippen LogP contribution >= 0.6 is 11.6 Å². The molecular weight excluding hydrogens is 301 g/mol. The quantitative estimate of drug-likeness (QED) is 0.787. The van der Waals surface area contributed by atoms with Crippen LogP contribution in [-0.4, -0.2) is 12.6 Å². The predicted octanol–water partition coefficient (Wildman–Crippen LogP) is 4.01. The van der Waals surface area contributed by atoms with Gasteiger partial charge in [-0.1, -0.05) is 17.7 Å². The highest BCUT2D eigenvalue weighted by Crippen LogP contribution is 2.30. The lowest BCUT2D eigenvalue weighted by atomic mass is 9.93. The van der Waals surface area contributed by atoms with E-state index in [0.29, 0.717) is 5.56 Å². The minimum Gasteiger partial charge on any atom is -0.462 e. The van der Waals surface area contributed by atoms with Gasteiger partial charge in [0.1, 0.15) is 18.0 Å². The van der Waals surface area contributed by atoms with Crippen molar-refractivity contribution in [3.63, 3.8) is 0 Å². The van der Waals surface area contributed by atoms with Crippen molar-refractivity contribution < 1.29 is 13.9 Å². The van der Waals surface area contributed by atoms with Gasteiger partial charge in [-0.25, -0.2) is 8.75 Å². The summed E-state index contributed by atoms with van der Waals surface area (Å²) < 4.78 is 22.3. The third kappa shape index (κ3) is 3.96. The zero-order valence-corrected chi connectivity index (χ0v) is 13.4. The van der Waals surface area contributed by atoms with Crippen molar-refractivity contribution in [2.45, 2.75) is 33.2 Å². The minimum absolute atomic E-state index is 0.0190. The molecular formula is C14H17ClFNO2S. The van der Waals surface area contributed by atoms with Crippen LogP contribution < -0.4 is 0 Å². The van der Waals surface area contributed by atoms with Crippen LogP contribution in [0.15, 0.2) is 22.6 Å². The fourth-order valence-corrected chi connectivity index (χ4v) is 1.75. The Morgan fingerprint density at radius 2 is 2.00 bits per heavy atom. The molecule has 1 unspecified atom stereocenters. The van der Waals surface area contributed by atoms with E-state index in [4.69, 9.17) is 28.8 Å². The van der Waals surface area contributed by atoms with E-state index in [1.165, 1.54) is 18.2 Å². The Morgan fingerprint density at radius 1 is 1.40 bits per heavy atom. The lowest BCUT2D eigenvalue weighted by Gasteiger charge is -2.26. The number of hydrogen-bond acceptors (Lipinski definition) is 4. The van der Waals surface area contributed by atoms with Crippen LogP contribution in [0.2, 0.25) is 5.02 Å². The molecule has 20 heavy (non-hydrogen) atoms. The standard InChI is InChI=1S/C14H17ClFNO2S/c1-13(2,3)12(18)19-8-14(4,17-20)9-5-6-11(16)10(15)7-9/h5-7H,8H2,1-4H3. The number of benzene rings is 1. The molecule has 1 aromatic carbocycles. The Hall–Kier alpha value is -1.07. The number of esters is 1. The number of rotatable bonds is 4. The highest BCUT2D eigenvalue weighted by molar-refractivity contribution is 7.47. The molecule has 3 nitrogen and oxygen atoms in total. The largest absolute Gasteiger partial charge is 0.462 e. The highest BCUT2D eigenvalue weighted by atomic mass is 35.5. The van der Waals surface area contributed by atoms with E-state index in [2.05, 4.69) is 4.36 Å². The summed E-state index contributed by atoms with van der Waals surface area (Å²) in [5.74, 6) is -0.871. The molecule has 0 spiro atoms. The van der Waals surface area contributed by atoms with Crippen molar-refractivity contribution in [3.05, 3.63) is 34.6 Å². The maximum Gasteiger partial charge on any atom is 0.311 e. The molecule has 110 valence electrons. The van der Waals surface area contributed by atoms with Crippen LogP contribution in [0.4, 0.5) is 4.39 Å². The smallest absolute Gasteiger partial charge is 0.311 e. The fraction of sp³-hybridized carbons (Fsp3) is 0.500. The average Bonchev–Trinajstić information content (AvgIpc) is 2.37. The van der Waals surface area contributed by atoms with Gasteiger partial charge >= 0.3 is 5.97 Å². The molecule has 0 N–H and O–H groups in total. The molecule has 6 heteroatoms. The van der Waals surface area contributed by atoms with Gasteiger partial charge in [0.05, 0.1) is 10.4 Å². The van der Waals surface area contributed by atoms with Crippen molar-refractivity contribution in [1.82, 2.24) is 0 Å². The molecule has 0 bridgehead atoms. The SMILES string of the molecule is CC(C)(C)C(=O)OCC(C)(N=S)c1ccc(F)c(Cl)c1. The van der Waals surface area contributed by atoms with Crippen molar-refractivity contribution in [2.24, 2.45) is 9.78 Å². The molecule has 0 aromatic heterocycles. The molecule has 0 aliphatic heterocycles. The first-order valence-electron chi connectivity index (χ1n) is 6.07. The Bertz CT molecular complexity index is 530. The van der Waals surface area contributed by atoms with Crippen LogP contribution in [0.1, 0.15) is 33.3 Å². The van der Waals surface area contributed by atoms with E-state index in [1.54, 1.807) is 27.7 Å². The van der Waals surface area contributed by atoms with Gasteiger partial charge in [0.2, 0.25) is 0 Å². The highest BCUT2D eigenvalue weighted by Gasteiger charge is 2.31. The fourth-order valence-electron chi connectivity index (χ4n) is 1.42. The van der Waals surface area contributed by atoms with E-state index in [0.717, 1.165) is 0 Å². The number of carbonyl (C=O) groups is 1. The molecule has 0 aliphatic carbocycles. The lowest BCUT2D eigenvalue weighted by molar-refractivity contribution is -0.154. The Kier molecular flexibility index (Phi) is 5.21. The summed E-state index contributed by atoms with van der Waals surface area (Å²) in [5, 5.41) is -0.0190. The summed E-state index contributed by atoms with van der Waals surface area (Å²) in [6.07, 6.45) is 0. The zero-order valence-electron chi connectivity index (χ0n) is 11.9. The second-order valence-corrected chi connectivity index (χ2v) is 6.41. The van der Waals surface area contributed by atoms with Gasteiger partial charge in [-0.3, -0.25) is 4.79 Å². The van der Waals surface area contributed by atoms with Crippen LogP contribution in [0.5, 0.6) is 0 Å². The van der Waals surface area contributed by atoms with E-state index in [9.17, 15) is 9.18 Å². The first-order chi connectivity index (χ1) is 9.10. The minimum atomic E-state index is -0.937. The molecule has 0 aliphatic rings. The van der Waals surface area contributed by atoms with Crippen LogP contribution in [0.3, 0.4) is 0 Å². The average molecular weight is 318 g/mol. The summed E-state index contributed by atoms with van der Waals surface area (Å²) in [4.78, 5) is 11.8. The summed E-state index contributed by atoms with van der Waals surface area (Å²) in [6.45, 7) is 6.96. The Labute approximate surface area is 128 Å². The topological polar surface area (TPSA) is 38.7 Å². The van der Waals surface area contributed by atoms with Crippen molar-refractivity contribution >= 4 is 30.0 Å². The van der Waals surface area contributed by atoms with Crippen molar-refractivity contribution in [2.75, 3.05) is 6.61 Å². The molecule has 0 heterocycles. The summed E-state index contributed by atoms with van der Waals surface area (Å²) in [6, 6.07) is 4.21. The van der Waals surface area contributed by atoms with Gasteiger partial charge in [0.25, 0.3) is 0 Å². The first kappa shape index (κ1) is 17.0. The van der Waals surface area contributed by atoms with Gasteiger partial charge in [0.15, 0.2) is 0 Å². The van der Waals surface area contributed by atoms with Crippen molar-refractivity contribution in [1.29, 1.82) is 0 Å². The summed E-state index contributed by atoms with van der Waals surface area (Å²) in [5.41, 5.74) is -0.947. The lowest BCUT2D eigenvalue weighted by Crippen LogP contribution is -2.31. The molecule has 0 amide bonds. The molecule has 0 fully saturated rings. The van der Waals surface area contributed by atoms with Crippen LogP contribution in [0, 0.1) is 11.2 Å². The second kappa shape index (κ2) is 6.14. The molecule has 0 radical (unpaired) electrons. The maximum absolute atomic E-state index is 13.2. The summed E-state index contributed by atoms with van der Waals surface area (Å²) in [7, 11) is 0. The number of nitrogens with zero attached hydrogens (tertiary/aromatic N) is 1. The van der Waals surface area contributed by atoms with Gasteiger partial charge < -0.3 is 4.74 Å². The van der Waals surface area contributed by atoms with Gasteiger partial charge in [-0.05, 0) is 45.4 Å². The predicted molar refractivity (Wildman–Crippen MR) is 79.0 cm³/mol. The van der Waals surface area contributed by atoms with Gasteiger partial charge in [-0.15, -0.1) is 0 Å². The second-order valence-electron chi connectivity index (χ2n) is 5.82. The van der Waals surface area contributed by atoms with Crippen molar-refractivity contribution in [3.8, 4) is 0 Å². The monoisotopic (exact) mass is 317 g/mol. The number of halogens is 2. The molecule has 0 saturated heterocycles. The third-order valence-corrected chi connectivity index (χ3v) is 3.53. The van der Waals surface area contributed by atoms with Crippen LogP contribution in [-0.2, 0) is 27.5 Å². The number of hydrogen-bond donors (Lipinski definition) is 0. The molecule has 1 aromatic rings. The van der Waals surface area contributed by atoms with Crippen LogP contribution in [0.25, 0.3) is 0 Å². The third-order valence-electron chi connectivity index (χ3n) is 2.84. The first-order valence-corrected chi connectivity index (χ1v) is 6.82. The maximum atomic E-state index is 13.2. The number of ether oxygens (including phenoxy) is 1. The summed E-state index contributed by atoms with van der Waals surface area (Å²) >= 11 is 10.5. The zero-order chi connectivity index (χ0) is 15.6. The normalized spacial score (nSPS) is 14.5. The molecule has 1 rings (SSSR count). The van der Waals surface area contributed by atoms with E-state index < -0.39 is 16.8 Å². The van der Waals surface area contributed by atoms with E-state index in [-0.39, 0.29) is 17.6 Å².